The molecule has 0 bridgehead atoms. The van der Waals surface area contributed by atoms with E-state index < -0.39 is 21.1 Å². The van der Waals surface area contributed by atoms with E-state index in [1.54, 1.807) is 0 Å². The number of nitrogens with zero attached hydrogens (tertiary/aromatic N) is 1. The highest BCUT2D eigenvalue weighted by molar-refractivity contribution is 7.91. The summed E-state index contributed by atoms with van der Waals surface area (Å²) in [6.45, 7) is 3.88. The lowest BCUT2D eigenvalue weighted by Gasteiger charge is -2.19. The molecule has 1 unspecified atom stereocenters. The molecule has 1 saturated heterocycles. The van der Waals surface area contributed by atoms with Crippen molar-refractivity contribution in [2.45, 2.75) is 44.8 Å². The van der Waals surface area contributed by atoms with Gasteiger partial charge in [-0.2, -0.15) is 0 Å². The van der Waals surface area contributed by atoms with Gasteiger partial charge >= 0.3 is 5.97 Å². The minimum Gasteiger partial charge on any atom is -0.475 e. The summed E-state index contributed by atoms with van der Waals surface area (Å²) in [5.41, 5.74) is 0.336. The van der Waals surface area contributed by atoms with Gasteiger partial charge in [0.05, 0.1) is 11.4 Å². The van der Waals surface area contributed by atoms with Crippen molar-refractivity contribution in [1.82, 2.24) is 4.98 Å². The molecule has 1 aliphatic heterocycles. The van der Waals surface area contributed by atoms with Crippen LogP contribution in [-0.4, -0.2) is 30.2 Å². The molecule has 112 valence electrons. The topological polar surface area (TPSA) is 97.5 Å². The first kappa shape index (κ1) is 15.0. The number of carboxylic acids is 1. The highest BCUT2D eigenvalue weighted by atomic mass is 32.2. The minimum atomic E-state index is -3.28. The van der Waals surface area contributed by atoms with Crippen molar-refractivity contribution in [3.05, 3.63) is 17.3 Å². The third kappa shape index (κ3) is 3.03. The molecule has 1 fully saturated rings. The Morgan fingerprint density at radius 3 is 2.70 bits per heavy atom. The van der Waals surface area contributed by atoms with E-state index in [0.717, 1.165) is 6.42 Å². The van der Waals surface area contributed by atoms with E-state index in [9.17, 15) is 13.2 Å². The summed E-state index contributed by atoms with van der Waals surface area (Å²) in [6, 6.07) is 0. The van der Waals surface area contributed by atoms with Crippen molar-refractivity contribution in [3.63, 3.8) is 0 Å². The molecule has 1 aromatic rings. The summed E-state index contributed by atoms with van der Waals surface area (Å²) in [7, 11) is -3.28. The fourth-order valence-electron chi connectivity index (χ4n) is 2.43. The van der Waals surface area contributed by atoms with Crippen molar-refractivity contribution in [2.24, 2.45) is 5.92 Å². The van der Waals surface area contributed by atoms with E-state index in [1.165, 1.54) is 0 Å². The van der Waals surface area contributed by atoms with Crippen molar-refractivity contribution >= 4 is 15.8 Å². The molecule has 0 saturated carbocycles. The summed E-state index contributed by atoms with van der Waals surface area (Å²) >= 11 is 0. The van der Waals surface area contributed by atoms with Crippen LogP contribution >= 0.6 is 0 Å². The van der Waals surface area contributed by atoms with Crippen LogP contribution in [0.2, 0.25) is 0 Å². The second kappa shape index (κ2) is 5.55. The highest BCUT2D eigenvalue weighted by Crippen LogP contribution is 2.34. The average Bonchev–Trinajstić information content (AvgIpc) is 2.71. The number of aromatic nitrogens is 1. The monoisotopic (exact) mass is 301 g/mol. The summed E-state index contributed by atoms with van der Waals surface area (Å²) < 4.78 is 29.4. The summed E-state index contributed by atoms with van der Waals surface area (Å²) in [5.74, 6) is -1.06. The smallest absolute Gasteiger partial charge is 0.373 e. The van der Waals surface area contributed by atoms with Crippen molar-refractivity contribution in [2.75, 3.05) is 5.75 Å². The first-order valence-corrected chi connectivity index (χ1v) is 8.47. The number of rotatable bonds is 4. The quantitative estimate of drug-likeness (QED) is 0.915. The Kier molecular flexibility index (Phi) is 4.17. The van der Waals surface area contributed by atoms with Gasteiger partial charge in [0.1, 0.15) is 5.25 Å². The molecular formula is C13H19NO5S. The Labute approximate surface area is 118 Å². The standard InChI is InChI=1S/C13H19NO5S/c1-8(2)7-9-11(13(15)16)19-12(14-9)10-5-3-4-6-20(10,17)18/h8,10H,3-7H2,1-2H3,(H,15,16). The molecule has 0 aromatic carbocycles. The Balaban J connectivity index is 2.40. The lowest BCUT2D eigenvalue weighted by Crippen LogP contribution is -2.21. The molecule has 1 aromatic heterocycles. The second-order valence-electron chi connectivity index (χ2n) is 5.58. The molecule has 7 heteroatoms. The van der Waals surface area contributed by atoms with Crippen LogP contribution in [0.5, 0.6) is 0 Å². The lowest BCUT2D eigenvalue weighted by molar-refractivity contribution is 0.0658. The van der Waals surface area contributed by atoms with E-state index in [0.29, 0.717) is 25.0 Å². The van der Waals surface area contributed by atoms with Gasteiger partial charge in [0.25, 0.3) is 0 Å². The molecule has 20 heavy (non-hydrogen) atoms. The second-order valence-corrected chi connectivity index (χ2v) is 7.89. The Morgan fingerprint density at radius 1 is 1.45 bits per heavy atom. The zero-order valence-corrected chi connectivity index (χ0v) is 12.4. The van der Waals surface area contributed by atoms with Crippen molar-refractivity contribution in [1.29, 1.82) is 0 Å². The van der Waals surface area contributed by atoms with Crippen LogP contribution in [0.15, 0.2) is 4.42 Å². The van der Waals surface area contributed by atoms with Gasteiger partial charge in [0.2, 0.25) is 11.7 Å². The predicted molar refractivity (Wildman–Crippen MR) is 72.4 cm³/mol. The Hall–Kier alpha value is -1.37. The molecule has 0 spiro atoms. The molecule has 1 aliphatic rings. The van der Waals surface area contributed by atoms with Crippen LogP contribution in [0.4, 0.5) is 0 Å². The molecule has 1 N–H and O–H groups in total. The largest absolute Gasteiger partial charge is 0.475 e. The average molecular weight is 301 g/mol. The zero-order chi connectivity index (χ0) is 14.9. The first-order chi connectivity index (χ1) is 9.31. The fourth-order valence-corrected chi connectivity index (χ4v) is 4.26. The van der Waals surface area contributed by atoms with Crippen LogP contribution < -0.4 is 0 Å². The third-order valence-corrected chi connectivity index (χ3v) is 5.53. The summed E-state index contributed by atoms with van der Waals surface area (Å²) in [5, 5.41) is 8.34. The van der Waals surface area contributed by atoms with E-state index in [-0.39, 0.29) is 23.3 Å². The molecular weight excluding hydrogens is 282 g/mol. The Morgan fingerprint density at radius 2 is 2.15 bits per heavy atom. The van der Waals surface area contributed by atoms with Crippen LogP contribution in [0.25, 0.3) is 0 Å². The van der Waals surface area contributed by atoms with Crippen LogP contribution in [0.3, 0.4) is 0 Å². The minimum absolute atomic E-state index is 0.0396. The van der Waals surface area contributed by atoms with Gasteiger partial charge in [0, 0.05) is 0 Å². The number of aromatic carboxylic acids is 1. The maximum Gasteiger partial charge on any atom is 0.373 e. The SMILES string of the molecule is CC(C)Cc1nc(C2CCCCS2(=O)=O)oc1C(=O)O. The fraction of sp³-hybridized carbons (Fsp3) is 0.692. The van der Waals surface area contributed by atoms with Crippen molar-refractivity contribution in [3.8, 4) is 0 Å². The number of sulfone groups is 1. The van der Waals surface area contributed by atoms with E-state index in [1.807, 2.05) is 13.8 Å². The van der Waals surface area contributed by atoms with Gasteiger partial charge in [-0.3, -0.25) is 0 Å². The van der Waals surface area contributed by atoms with Crippen LogP contribution in [-0.2, 0) is 16.3 Å². The highest BCUT2D eigenvalue weighted by Gasteiger charge is 2.35. The van der Waals surface area contributed by atoms with Gasteiger partial charge in [-0.1, -0.05) is 20.3 Å². The normalized spacial score (nSPS) is 22.1. The van der Waals surface area contributed by atoms with Gasteiger partial charge in [-0.05, 0) is 25.2 Å². The molecule has 0 radical (unpaired) electrons. The lowest BCUT2D eigenvalue weighted by atomic mass is 10.1. The van der Waals surface area contributed by atoms with Gasteiger partial charge in [-0.25, -0.2) is 18.2 Å². The Bertz CT molecular complexity index is 602. The number of carboxylic acid groups (broad SMARTS) is 1. The molecule has 0 aliphatic carbocycles. The third-order valence-electron chi connectivity index (χ3n) is 3.36. The van der Waals surface area contributed by atoms with Gasteiger partial charge < -0.3 is 9.52 Å². The number of hydrogen-bond donors (Lipinski definition) is 1. The maximum atomic E-state index is 12.0. The number of hydrogen-bond acceptors (Lipinski definition) is 5. The molecule has 0 amide bonds. The predicted octanol–water partition coefficient (Wildman–Crippen LogP) is 2.21. The number of oxazole rings is 1. The maximum absolute atomic E-state index is 12.0. The van der Waals surface area contributed by atoms with E-state index in [2.05, 4.69) is 4.98 Å². The summed E-state index contributed by atoms with van der Waals surface area (Å²) in [6.07, 6.45) is 2.33. The molecule has 2 rings (SSSR count). The molecule has 1 atom stereocenters. The number of carbonyl (C=O) groups is 1. The van der Waals surface area contributed by atoms with Crippen molar-refractivity contribution < 1.29 is 22.7 Å². The van der Waals surface area contributed by atoms with Crippen LogP contribution in [0.1, 0.15) is 60.5 Å². The summed E-state index contributed by atoms with van der Waals surface area (Å²) in [4.78, 5) is 15.3. The van der Waals surface area contributed by atoms with Gasteiger partial charge in [-0.15, -0.1) is 0 Å². The first-order valence-electron chi connectivity index (χ1n) is 6.75. The van der Waals surface area contributed by atoms with Crippen LogP contribution in [0, 0.1) is 5.92 Å². The van der Waals surface area contributed by atoms with Gasteiger partial charge in [0.15, 0.2) is 9.84 Å². The molecule has 2 heterocycles. The van der Waals surface area contributed by atoms with E-state index in [4.69, 9.17) is 9.52 Å². The van der Waals surface area contributed by atoms with E-state index >= 15 is 0 Å². The molecule has 6 nitrogen and oxygen atoms in total. The zero-order valence-electron chi connectivity index (χ0n) is 11.6.